The zero-order valence-corrected chi connectivity index (χ0v) is 26.1. The summed E-state index contributed by atoms with van der Waals surface area (Å²) in [5.74, 6) is 0.960. The molecule has 0 unspecified atom stereocenters. The van der Waals surface area contributed by atoms with Crippen LogP contribution in [-0.4, -0.2) is 55.9 Å². The quantitative estimate of drug-likeness (QED) is 0.181. The van der Waals surface area contributed by atoms with E-state index in [2.05, 4.69) is 79.0 Å². The number of aromatic nitrogens is 5. The molecule has 0 spiro atoms. The zero-order valence-electron chi connectivity index (χ0n) is 26.1. The van der Waals surface area contributed by atoms with E-state index in [0.717, 1.165) is 74.1 Å². The van der Waals surface area contributed by atoms with Gasteiger partial charge in [-0.05, 0) is 77.2 Å². The first-order valence-electron chi connectivity index (χ1n) is 16.1. The van der Waals surface area contributed by atoms with Crippen LogP contribution in [0, 0.1) is 0 Å². The summed E-state index contributed by atoms with van der Waals surface area (Å²) >= 11 is 0. The number of nitrogens with one attached hydrogen (secondary N) is 1. The van der Waals surface area contributed by atoms with Crippen molar-refractivity contribution in [3.8, 4) is 39.5 Å². The summed E-state index contributed by atoms with van der Waals surface area (Å²) in [6, 6.07) is 15.5. The van der Waals surface area contributed by atoms with Crippen molar-refractivity contribution in [1.82, 2.24) is 29.6 Å². The maximum absolute atomic E-state index is 13.7. The summed E-state index contributed by atoms with van der Waals surface area (Å²) in [5, 5.41) is 4.80. The molecule has 1 N–H and O–H groups in total. The summed E-state index contributed by atoms with van der Waals surface area (Å²) in [6.45, 7) is 12.1. The molecular weight excluding hydrogens is 548 g/mol. The van der Waals surface area contributed by atoms with Gasteiger partial charge in [-0.2, -0.15) is 5.10 Å². The molecule has 2 aromatic carbocycles. The van der Waals surface area contributed by atoms with E-state index in [1.807, 2.05) is 10.7 Å². The Bertz CT molecular complexity index is 1920. The number of hydrogen-bond acceptors (Lipinski definition) is 6. The summed E-state index contributed by atoms with van der Waals surface area (Å²) in [4.78, 5) is 29.0. The molecule has 1 aliphatic carbocycles. The maximum Gasteiger partial charge on any atom is 0.279 e. The van der Waals surface area contributed by atoms with Crippen molar-refractivity contribution in [3.05, 3.63) is 81.4 Å². The first-order valence-corrected chi connectivity index (χ1v) is 16.1. The molecule has 226 valence electrons. The first-order chi connectivity index (χ1) is 21.6. The van der Waals surface area contributed by atoms with E-state index < -0.39 is 0 Å². The lowest BCUT2D eigenvalue weighted by Crippen LogP contribution is -2.48. The third kappa shape index (κ3) is 4.63. The highest BCUT2D eigenvalue weighted by Crippen LogP contribution is 2.46. The molecule has 1 fully saturated rings. The molecule has 2 aliphatic rings. The van der Waals surface area contributed by atoms with E-state index in [1.165, 1.54) is 27.8 Å². The Kier molecular flexibility index (Phi) is 7.54. The van der Waals surface area contributed by atoms with Crippen molar-refractivity contribution >= 4 is 11.0 Å². The van der Waals surface area contributed by atoms with Gasteiger partial charge in [-0.25, -0.2) is 9.97 Å². The monoisotopic (exact) mass is 588 g/mol. The largest absolute Gasteiger partial charge is 0.477 e. The molecule has 0 amide bonds. The Morgan fingerprint density at radius 3 is 2.52 bits per heavy atom. The molecule has 5 aromatic rings. The van der Waals surface area contributed by atoms with Gasteiger partial charge in [0.2, 0.25) is 5.88 Å². The Labute approximate surface area is 258 Å². The molecule has 0 bridgehead atoms. The van der Waals surface area contributed by atoms with Gasteiger partial charge in [0.25, 0.3) is 5.56 Å². The number of unbranched alkanes of at least 4 members (excludes halogenated alkanes) is 1. The Morgan fingerprint density at radius 1 is 0.932 bits per heavy atom. The Hall–Kier alpha value is -4.30. The second-order valence-corrected chi connectivity index (χ2v) is 11.9. The number of rotatable bonds is 10. The minimum absolute atomic E-state index is 0.238. The van der Waals surface area contributed by atoms with Gasteiger partial charge in [-0.15, -0.1) is 0 Å². The third-order valence-electron chi connectivity index (χ3n) is 9.33. The average molecular weight is 589 g/mol. The highest BCUT2D eigenvalue weighted by Gasteiger charge is 2.31. The van der Waals surface area contributed by atoms with E-state index in [9.17, 15) is 4.79 Å². The summed E-state index contributed by atoms with van der Waals surface area (Å²) in [6.07, 6.45) is 6.30. The highest BCUT2D eigenvalue weighted by atomic mass is 16.5. The van der Waals surface area contributed by atoms with Gasteiger partial charge in [0.1, 0.15) is 11.3 Å². The lowest BCUT2D eigenvalue weighted by Gasteiger charge is -2.39. The van der Waals surface area contributed by atoms with Crippen LogP contribution >= 0.6 is 0 Å². The van der Waals surface area contributed by atoms with Crippen LogP contribution in [0.1, 0.15) is 69.0 Å². The third-order valence-corrected chi connectivity index (χ3v) is 9.33. The van der Waals surface area contributed by atoms with Crippen molar-refractivity contribution in [1.29, 1.82) is 0 Å². The minimum atomic E-state index is -0.238. The molecule has 44 heavy (non-hydrogen) atoms. The molecule has 1 saturated heterocycles. The van der Waals surface area contributed by atoms with E-state index in [-0.39, 0.29) is 11.6 Å². The van der Waals surface area contributed by atoms with Crippen LogP contribution in [0.2, 0.25) is 0 Å². The molecule has 7 rings (SSSR count). The van der Waals surface area contributed by atoms with Gasteiger partial charge in [-0.1, -0.05) is 70.5 Å². The molecule has 3 aromatic heterocycles. The van der Waals surface area contributed by atoms with Gasteiger partial charge in [0.05, 0.1) is 23.9 Å². The number of aryl methyl sites for hydroxylation is 2. The van der Waals surface area contributed by atoms with Crippen LogP contribution in [0.3, 0.4) is 0 Å². The number of ether oxygens (including phenoxy) is 1. The molecule has 1 aliphatic heterocycles. The SMILES string of the molecule is CCCCOc1nccc(-c2cccc3c2Cc2cccc(CC)c2-3)c1-c1nc2c(CC)n(C3CN(CC)C3)nc2c(=O)[nH]1. The highest BCUT2D eigenvalue weighted by molar-refractivity contribution is 5.92. The van der Waals surface area contributed by atoms with Crippen LogP contribution in [0.5, 0.6) is 5.88 Å². The number of pyridine rings is 1. The van der Waals surface area contributed by atoms with E-state index in [1.54, 1.807) is 6.20 Å². The van der Waals surface area contributed by atoms with Crippen molar-refractivity contribution in [2.45, 2.75) is 65.8 Å². The number of fused-ring (bicyclic) bond motifs is 4. The van der Waals surface area contributed by atoms with E-state index in [0.29, 0.717) is 29.3 Å². The van der Waals surface area contributed by atoms with Crippen LogP contribution in [-0.2, 0) is 19.3 Å². The van der Waals surface area contributed by atoms with Crippen molar-refractivity contribution in [2.75, 3.05) is 26.2 Å². The predicted molar refractivity (Wildman–Crippen MR) is 175 cm³/mol. The molecule has 0 saturated carbocycles. The molecule has 8 nitrogen and oxygen atoms in total. The number of hydrogen-bond donors (Lipinski definition) is 1. The lowest BCUT2D eigenvalue weighted by molar-refractivity contribution is 0.104. The van der Waals surface area contributed by atoms with Crippen LogP contribution in [0.4, 0.5) is 0 Å². The number of benzene rings is 2. The Balaban J connectivity index is 1.42. The summed E-state index contributed by atoms with van der Waals surface area (Å²) in [5.41, 5.74) is 11.2. The average Bonchev–Trinajstić information content (AvgIpc) is 3.59. The second kappa shape index (κ2) is 11.7. The molecule has 0 atom stereocenters. The predicted octanol–water partition coefficient (Wildman–Crippen LogP) is 6.60. The first kappa shape index (κ1) is 28.5. The van der Waals surface area contributed by atoms with E-state index >= 15 is 0 Å². The summed E-state index contributed by atoms with van der Waals surface area (Å²) < 4.78 is 8.35. The lowest BCUT2D eigenvalue weighted by atomic mass is 9.92. The van der Waals surface area contributed by atoms with Crippen molar-refractivity contribution < 1.29 is 4.74 Å². The molecule has 8 heteroatoms. The standard InChI is InChI=1S/C36H40N6O2/c1-5-9-18-44-36-31(34-38-32-29(7-3)42(24-20-41(8-4)21-24)40-33(32)35(43)39-34)27(16-17-37-36)25-14-11-15-26-28(25)19-23-13-10-12-22(6-2)30(23)26/h10-17,24H,5-9,18-21H2,1-4H3,(H,38,39,43). The molecule has 0 radical (unpaired) electrons. The number of aromatic amines is 1. The fraction of sp³-hybridized carbons (Fsp3) is 0.389. The zero-order chi connectivity index (χ0) is 30.4. The Morgan fingerprint density at radius 2 is 1.75 bits per heavy atom. The second-order valence-electron chi connectivity index (χ2n) is 11.9. The van der Waals surface area contributed by atoms with Gasteiger partial charge in [0, 0.05) is 19.3 Å². The smallest absolute Gasteiger partial charge is 0.279 e. The van der Waals surface area contributed by atoms with Crippen LogP contribution in [0.15, 0.2) is 53.5 Å². The van der Waals surface area contributed by atoms with Gasteiger partial charge in [-0.3, -0.25) is 14.4 Å². The molecular formula is C36H40N6O2. The van der Waals surface area contributed by atoms with Gasteiger partial charge < -0.3 is 9.72 Å². The topological polar surface area (TPSA) is 88.9 Å². The van der Waals surface area contributed by atoms with Crippen molar-refractivity contribution in [3.63, 3.8) is 0 Å². The number of likely N-dealkylation sites (N-methyl/N-ethyl adjacent to an activating group) is 1. The van der Waals surface area contributed by atoms with Crippen molar-refractivity contribution in [2.24, 2.45) is 0 Å². The van der Waals surface area contributed by atoms with Crippen LogP contribution in [0.25, 0.3) is 44.7 Å². The van der Waals surface area contributed by atoms with Gasteiger partial charge >= 0.3 is 0 Å². The normalized spacial score (nSPS) is 14.5. The summed E-state index contributed by atoms with van der Waals surface area (Å²) in [7, 11) is 0. The van der Waals surface area contributed by atoms with Gasteiger partial charge in [0.15, 0.2) is 5.52 Å². The minimum Gasteiger partial charge on any atom is -0.477 e. The number of likely N-dealkylation sites (tertiary alicyclic amines) is 1. The number of nitrogens with zero attached hydrogens (tertiary/aromatic N) is 5. The fourth-order valence-electron chi connectivity index (χ4n) is 6.96. The van der Waals surface area contributed by atoms with E-state index in [4.69, 9.17) is 14.8 Å². The number of H-pyrrole nitrogens is 1. The molecule has 4 heterocycles. The maximum atomic E-state index is 13.7. The van der Waals surface area contributed by atoms with Crippen LogP contribution < -0.4 is 10.3 Å². The fourth-order valence-corrected chi connectivity index (χ4v) is 6.96.